The van der Waals surface area contributed by atoms with Gasteiger partial charge in [-0.15, -0.1) is 0 Å². The number of hydrogen-bond acceptors (Lipinski definition) is 3. The van der Waals surface area contributed by atoms with E-state index in [-0.39, 0.29) is 10.5 Å². The van der Waals surface area contributed by atoms with Crippen molar-refractivity contribution in [3.63, 3.8) is 0 Å². The van der Waals surface area contributed by atoms with Crippen LogP contribution in [0.15, 0.2) is 42.7 Å². The van der Waals surface area contributed by atoms with E-state index in [2.05, 4.69) is 21.8 Å². The van der Waals surface area contributed by atoms with Crippen molar-refractivity contribution in [3.05, 3.63) is 53.9 Å². The molecule has 3 N–H and O–H groups in total. The Hall–Kier alpha value is -1.47. The van der Waals surface area contributed by atoms with Gasteiger partial charge in [0.2, 0.25) is 0 Å². The normalized spacial score (nSPS) is 12.3. The van der Waals surface area contributed by atoms with Crippen LogP contribution in [0, 0.1) is 0 Å². The first-order chi connectivity index (χ1) is 7.68. The van der Waals surface area contributed by atoms with Crippen LogP contribution in [0.3, 0.4) is 0 Å². The molecule has 3 nitrogen and oxygen atoms in total. The zero-order chi connectivity index (χ0) is 11.5. The predicted octanol–water partition coefficient (Wildman–Crippen LogP) is 1.63. The van der Waals surface area contributed by atoms with E-state index in [9.17, 15) is 5.11 Å². The summed E-state index contributed by atoms with van der Waals surface area (Å²) in [5, 5.41) is 9.78. The second kappa shape index (κ2) is 4.58. The van der Waals surface area contributed by atoms with Crippen molar-refractivity contribution in [2.75, 3.05) is 5.73 Å². The van der Waals surface area contributed by atoms with Crippen molar-refractivity contribution >= 4 is 22.5 Å². The Kier molecular flexibility index (Phi) is 3.16. The molecule has 1 unspecified atom stereocenters. The van der Waals surface area contributed by atoms with Gasteiger partial charge in [0, 0.05) is 0 Å². The number of hydrogen-bond donors (Lipinski definition) is 2. The molecule has 2 aromatic rings. The second-order valence-corrected chi connectivity index (χ2v) is 4.59. The minimum atomic E-state index is 0.0182. The zero-order valence-electron chi connectivity index (χ0n) is 8.54. The van der Waals surface area contributed by atoms with E-state index < -0.39 is 0 Å². The summed E-state index contributed by atoms with van der Waals surface area (Å²) in [5.74, 6) is 0.253. The summed E-state index contributed by atoms with van der Waals surface area (Å²) >= 11 is 2.52. The second-order valence-electron chi connectivity index (χ2n) is 3.51. The molecule has 0 saturated heterocycles. The first-order valence-corrected chi connectivity index (χ1v) is 5.93. The van der Waals surface area contributed by atoms with Crippen molar-refractivity contribution in [1.29, 1.82) is 0 Å². The van der Waals surface area contributed by atoms with E-state index >= 15 is 0 Å². The van der Waals surface area contributed by atoms with Crippen LogP contribution < -0.4 is 5.73 Å². The molecule has 0 aliphatic rings. The molecule has 4 heteroatoms. The quantitative estimate of drug-likeness (QED) is 0.497. The predicted molar refractivity (Wildman–Crippen MR) is 64.4 cm³/mol. The Morgan fingerprint density at radius 1 is 1.31 bits per heavy atom. The molecule has 0 amide bonds. The van der Waals surface area contributed by atoms with Gasteiger partial charge in [-0.3, -0.25) is 0 Å². The molecule has 1 atom stereocenters. The van der Waals surface area contributed by atoms with E-state index in [1.165, 1.54) is 0 Å². The summed E-state index contributed by atoms with van der Waals surface area (Å²) in [6.45, 7) is 0. The van der Waals surface area contributed by atoms with Crippen LogP contribution in [-0.2, 0) is 0 Å². The number of nitrogens with two attached hydrogens (primary N) is 1. The summed E-state index contributed by atoms with van der Waals surface area (Å²) < 4.78 is 0.0182. The van der Waals surface area contributed by atoms with Gasteiger partial charge in [0.1, 0.15) is 0 Å². The molecule has 0 bridgehead atoms. The number of anilines is 1. The van der Waals surface area contributed by atoms with Gasteiger partial charge in [-0.2, -0.15) is 0 Å². The van der Waals surface area contributed by atoms with Gasteiger partial charge in [-0.1, -0.05) is 0 Å². The van der Waals surface area contributed by atoms with Crippen LogP contribution >= 0.6 is 0 Å². The molecular weight excluding hydrogens is 263 g/mol. The van der Waals surface area contributed by atoms with E-state index in [1.54, 1.807) is 30.6 Å². The van der Waals surface area contributed by atoms with E-state index in [4.69, 9.17) is 5.73 Å². The Morgan fingerprint density at radius 3 is 2.81 bits per heavy atom. The number of aromatic hydroxyl groups is 1. The average molecular weight is 274 g/mol. The third-order valence-corrected chi connectivity index (χ3v) is 3.56. The van der Waals surface area contributed by atoms with Crippen molar-refractivity contribution < 1.29 is 5.11 Å². The number of nitrogens with zero attached hydrogens (tertiary/aromatic N) is 1. The minimum absolute atomic E-state index is 0.0182. The first kappa shape index (κ1) is 11.0. The Morgan fingerprint density at radius 2 is 2.12 bits per heavy atom. The molecule has 1 aromatic carbocycles. The molecule has 0 aliphatic carbocycles. The number of aromatic nitrogens is 1. The van der Waals surface area contributed by atoms with Gasteiger partial charge in [0.25, 0.3) is 0 Å². The molecule has 0 aliphatic heterocycles. The molecule has 1 heterocycles. The number of benzene rings is 1. The van der Waals surface area contributed by atoms with Crippen molar-refractivity contribution in [3.8, 4) is 5.75 Å². The summed E-state index contributed by atoms with van der Waals surface area (Å²) in [4.78, 5) is 4.06. The average Bonchev–Trinajstić information content (AvgIpc) is 2.32. The molecule has 1 aromatic heterocycles. The van der Waals surface area contributed by atoms with Gasteiger partial charge in [-0.05, 0) is 0 Å². The Bertz CT molecular complexity index is 488. The fourth-order valence-corrected chi connectivity index (χ4v) is 2.26. The van der Waals surface area contributed by atoms with Crippen LogP contribution in [0.1, 0.15) is 15.8 Å². The molecule has 2 radical (unpaired) electrons. The summed E-state index contributed by atoms with van der Waals surface area (Å²) in [5.41, 5.74) is 8.19. The number of phenolic OH excluding ortho intramolecular Hbond substituents is 1. The Labute approximate surface area is 103 Å². The standard InChI is InChI=1S/C12H11AsN2O/c13-12(8-2-1-5-15-7-8)10-6-9(14)3-4-11(10)16/h1-7,12,16H,14H2. The van der Waals surface area contributed by atoms with Gasteiger partial charge in [-0.25, -0.2) is 0 Å². The molecule has 16 heavy (non-hydrogen) atoms. The summed E-state index contributed by atoms with van der Waals surface area (Å²) in [6, 6.07) is 8.92. The maximum atomic E-state index is 9.78. The van der Waals surface area contributed by atoms with E-state index in [0.29, 0.717) is 5.69 Å². The summed E-state index contributed by atoms with van der Waals surface area (Å²) in [7, 11) is 0. The topological polar surface area (TPSA) is 59.1 Å². The number of nitrogen functional groups attached to an aromatic ring is 1. The number of phenols is 1. The van der Waals surface area contributed by atoms with Crippen LogP contribution in [0.4, 0.5) is 5.69 Å². The third kappa shape index (κ3) is 2.20. The van der Waals surface area contributed by atoms with Gasteiger partial charge in [0.15, 0.2) is 0 Å². The zero-order valence-corrected chi connectivity index (χ0v) is 10.4. The van der Waals surface area contributed by atoms with Crippen molar-refractivity contribution in [2.24, 2.45) is 0 Å². The maximum absolute atomic E-state index is 9.78. The molecule has 0 saturated carbocycles. The van der Waals surface area contributed by atoms with Crippen LogP contribution in [-0.4, -0.2) is 26.9 Å². The fraction of sp³-hybridized carbons (Fsp3) is 0.0833. The molecule has 0 spiro atoms. The Balaban J connectivity index is 2.41. The first-order valence-electron chi connectivity index (χ1n) is 4.85. The fourth-order valence-electron chi connectivity index (χ4n) is 1.51. The number of pyridine rings is 1. The molecule has 0 fully saturated rings. The monoisotopic (exact) mass is 274 g/mol. The van der Waals surface area contributed by atoms with Crippen molar-refractivity contribution in [1.82, 2.24) is 4.98 Å². The summed E-state index contributed by atoms with van der Waals surface area (Å²) in [6.07, 6.45) is 3.51. The van der Waals surface area contributed by atoms with E-state index in [1.807, 2.05) is 12.1 Å². The number of rotatable bonds is 2. The van der Waals surface area contributed by atoms with Crippen LogP contribution in [0.5, 0.6) is 5.75 Å². The van der Waals surface area contributed by atoms with Gasteiger partial charge < -0.3 is 0 Å². The van der Waals surface area contributed by atoms with Crippen LogP contribution in [0.2, 0.25) is 0 Å². The van der Waals surface area contributed by atoms with Crippen molar-refractivity contribution in [2.45, 2.75) is 4.71 Å². The third-order valence-electron chi connectivity index (χ3n) is 2.35. The molecule has 80 valence electrons. The molecule has 2 rings (SSSR count). The SMILES string of the molecule is Nc1ccc(O)c(C([As])c2cccnc2)c1. The van der Waals surface area contributed by atoms with Gasteiger partial charge >= 0.3 is 103 Å². The molecular formula is C12H11AsN2O. The van der Waals surface area contributed by atoms with Crippen LogP contribution in [0.25, 0.3) is 0 Å². The van der Waals surface area contributed by atoms with E-state index in [0.717, 1.165) is 11.1 Å². The van der Waals surface area contributed by atoms with Gasteiger partial charge in [0.05, 0.1) is 0 Å².